The fourth-order valence-electron chi connectivity index (χ4n) is 3.66. The molecule has 1 saturated heterocycles. The highest BCUT2D eigenvalue weighted by Gasteiger charge is 2.37. The second-order valence-corrected chi connectivity index (χ2v) is 6.36. The maximum atomic E-state index is 12.9. The van der Waals surface area contributed by atoms with E-state index < -0.39 is 0 Å². The Morgan fingerprint density at radius 1 is 1.35 bits per heavy atom. The van der Waals surface area contributed by atoms with Gasteiger partial charge in [-0.2, -0.15) is 0 Å². The third-order valence-electron chi connectivity index (χ3n) is 5.01. The number of fused-ring (bicyclic) bond motifs is 1. The Kier molecular flexibility index (Phi) is 5.41. The number of halogens is 1. The van der Waals surface area contributed by atoms with Crippen molar-refractivity contribution in [2.75, 3.05) is 26.8 Å². The highest BCUT2D eigenvalue weighted by Crippen LogP contribution is 2.30. The summed E-state index contributed by atoms with van der Waals surface area (Å²) in [5.41, 5.74) is 0.578. The average molecular weight is 321 g/mol. The molecule has 3 atom stereocenters. The summed E-state index contributed by atoms with van der Waals surface area (Å²) in [6.07, 6.45) is 4.02. The molecular formula is C18H24FNO3. The lowest BCUT2D eigenvalue weighted by Crippen LogP contribution is -2.55. The van der Waals surface area contributed by atoms with Crippen molar-refractivity contribution in [2.24, 2.45) is 0 Å². The lowest BCUT2D eigenvalue weighted by Gasteiger charge is -2.45. The van der Waals surface area contributed by atoms with Gasteiger partial charge in [0, 0.05) is 38.2 Å². The van der Waals surface area contributed by atoms with Gasteiger partial charge in [-0.3, -0.25) is 9.69 Å². The van der Waals surface area contributed by atoms with Gasteiger partial charge in [-0.1, -0.05) is 0 Å². The van der Waals surface area contributed by atoms with Crippen molar-refractivity contribution in [1.29, 1.82) is 0 Å². The SMILES string of the molecule is CO[C@@H]1CC[C@@H]2OCCN(CCC(=O)c3ccc(F)cc3)[C@@H]2C1. The molecule has 1 aromatic carbocycles. The summed E-state index contributed by atoms with van der Waals surface area (Å²) in [5.74, 6) is -0.252. The van der Waals surface area contributed by atoms with Gasteiger partial charge in [-0.25, -0.2) is 4.39 Å². The van der Waals surface area contributed by atoms with Gasteiger partial charge in [0.25, 0.3) is 0 Å². The molecule has 3 rings (SSSR count). The molecule has 2 aliphatic rings. The van der Waals surface area contributed by atoms with E-state index in [1.807, 2.05) is 0 Å². The number of ketones is 1. The first-order valence-electron chi connectivity index (χ1n) is 8.34. The Morgan fingerprint density at radius 3 is 2.87 bits per heavy atom. The first-order valence-corrected chi connectivity index (χ1v) is 8.34. The summed E-state index contributed by atoms with van der Waals surface area (Å²) in [5, 5.41) is 0. The molecule has 0 unspecified atom stereocenters. The third kappa shape index (κ3) is 3.97. The van der Waals surface area contributed by atoms with Crippen LogP contribution in [0.1, 0.15) is 36.0 Å². The van der Waals surface area contributed by atoms with E-state index in [9.17, 15) is 9.18 Å². The van der Waals surface area contributed by atoms with Crippen LogP contribution in [0.3, 0.4) is 0 Å². The van der Waals surface area contributed by atoms with Gasteiger partial charge in [0.1, 0.15) is 5.82 Å². The Bertz CT molecular complexity index is 534. The standard InChI is InChI=1S/C18H24FNO3/c1-22-15-6-7-18-16(12-15)20(10-11-23-18)9-8-17(21)13-2-4-14(19)5-3-13/h2-5,15-16,18H,6-12H2,1H3/t15-,16-,18+/m1/s1. The zero-order chi connectivity index (χ0) is 16.2. The summed E-state index contributed by atoms with van der Waals surface area (Å²) in [4.78, 5) is 14.6. The highest BCUT2D eigenvalue weighted by atomic mass is 19.1. The van der Waals surface area contributed by atoms with Crippen LogP contribution in [0.2, 0.25) is 0 Å². The predicted molar refractivity (Wildman–Crippen MR) is 85.1 cm³/mol. The predicted octanol–water partition coefficient (Wildman–Crippen LogP) is 2.67. The molecule has 1 heterocycles. The summed E-state index contributed by atoms with van der Waals surface area (Å²) in [6.45, 7) is 2.30. The summed E-state index contributed by atoms with van der Waals surface area (Å²) < 4.78 is 24.3. The number of hydrogen-bond acceptors (Lipinski definition) is 4. The van der Waals surface area contributed by atoms with Gasteiger partial charge < -0.3 is 9.47 Å². The molecule has 2 fully saturated rings. The van der Waals surface area contributed by atoms with Gasteiger partial charge in [-0.05, 0) is 43.5 Å². The number of ether oxygens (including phenoxy) is 2. The Morgan fingerprint density at radius 2 is 2.13 bits per heavy atom. The molecule has 1 aliphatic carbocycles. The molecule has 1 aliphatic heterocycles. The zero-order valence-corrected chi connectivity index (χ0v) is 13.5. The van der Waals surface area contributed by atoms with E-state index in [1.165, 1.54) is 12.1 Å². The zero-order valence-electron chi connectivity index (χ0n) is 13.5. The van der Waals surface area contributed by atoms with Gasteiger partial charge >= 0.3 is 0 Å². The summed E-state index contributed by atoms with van der Waals surface area (Å²) >= 11 is 0. The molecule has 0 bridgehead atoms. The molecule has 0 spiro atoms. The first-order chi connectivity index (χ1) is 11.2. The molecule has 0 N–H and O–H groups in total. The Hall–Kier alpha value is -1.30. The molecule has 4 nitrogen and oxygen atoms in total. The minimum absolute atomic E-state index is 0.0622. The lowest BCUT2D eigenvalue weighted by atomic mass is 9.87. The van der Waals surface area contributed by atoms with E-state index in [1.54, 1.807) is 19.2 Å². The minimum Gasteiger partial charge on any atom is -0.381 e. The fourth-order valence-corrected chi connectivity index (χ4v) is 3.66. The summed E-state index contributed by atoms with van der Waals surface area (Å²) in [7, 11) is 1.76. The van der Waals surface area contributed by atoms with Gasteiger partial charge in [-0.15, -0.1) is 0 Å². The van der Waals surface area contributed by atoms with Crippen LogP contribution in [0.25, 0.3) is 0 Å². The van der Waals surface area contributed by atoms with Gasteiger partial charge in [0.15, 0.2) is 5.78 Å². The van der Waals surface area contributed by atoms with Crippen LogP contribution in [-0.4, -0.2) is 55.7 Å². The number of rotatable bonds is 5. The Labute approximate surface area is 136 Å². The average Bonchev–Trinajstić information content (AvgIpc) is 2.59. The number of hydrogen-bond donors (Lipinski definition) is 0. The maximum absolute atomic E-state index is 12.9. The van der Waals surface area contributed by atoms with Crippen LogP contribution in [-0.2, 0) is 9.47 Å². The smallest absolute Gasteiger partial charge is 0.164 e. The minimum atomic E-state index is -0.314. The van der Waals surface area contributed by atoms with Crippen LogP contribution in [0.5, 0.6) is 0 Å². The molecule has 1 saturated carbocycles. The number of benzene rings is 1. The molecule has 126 valence electrons. The highest BCUT2D eigenvalue weighted by molar-refractivity contribution is 5.96. The third-order valence-corrected chi connectivity index (χ3v) is 5.01. The topological polar surface area (TPSA) is 38.8 Å². The number of nitrogens with zero attached hydrogens (tertiary/aromatic N) is 1. The molecular weight excluding hydrogens is 297 g/mol. The largest absolute Gasteiger partial charge is 0.381 e. The molecule has 5 heteroatoms. The van der Waals surface area contributed by atoms with Crippen molar-refractivity contribution in [1.82, 2.24) is 4.90 Å². The van der Waals surface area contributed by atoms with Gasteiger partial charge in [0.05, 0.1) is 18.8 Å². The van der Waals surface area contributed by atoms with E-state index in [0.717, 1.165) is 39.0 Å². The normalized spacial score (nSPS) is 28.3. The number of morpholine rings is 1. The second kappa shape index (κ2) is 7.51. The monoisotopic (exact) mass is 321 g/mol. The van der Waals surface area contributed by atoms with Crippen molar-refractivity contribution in [2.45, 2.75) is 43.9 Å². The van der Waals surface area contributed by atoms with Gasteiger partial charge in [0.2, 0.25) is 0 Å². The molecule has 0 amide bonds. The van der Waals surface area contributed by atoms with Crippen LogP contribution in [0.15, 0.2) is 24.3 Å². The maximum Gasteiger partial charge on any atom is 0.164 e. The Balaban J connectivity index is 1.57. The van der Waals surface area contributed by atoms with Crippen molar-refractivity contribution in [3.63, 3.8) is 0 Å². The van der Waals surface area contributed by atoms with E-state index >= 15 is 0 Å². The number of Topliss-reactive ketones (excluding diaryl/α,β-unsaturated/α-hetero) is 1. The van der Waals surface area contributed by atoms with Crippen LogP contribution < -0.4 is 0 Å². The van der Waals surface area contributed by atoms with E-state index in [2.05, 4.69) is 4.90 Å². The van der Waals surface area contributed by atoms with Crippen molar-refractivity contribution >= 4 is 5.78 Å². The van der Waals surface area contributed by atoms with E-state index in [-0.39, 0.29) is 23.8 Å². The van der Waals surface area contributed by atoms with E-state index in [0.29, 0.717) is 18.0 Å². The fraction of sp³-hybridized carbons (Fsp3) is 0.611. The quantitative estimate of drug-likeness (QED) is 0.782. The number of methoxy groups -OCH3 is 1. The van der Waals surface area contributed by atoms with Crippen LogP contribution >= 0.6 is 0 Å². The summed E-state index contributed by atoms with van der Waals surface area (Å²) in [6, 6.07) is 6.12. The first kappa shape index (κ1) is 16.6. The molecule has 0 aromatic heterocycles. The number of carbonyl (C=O) groups excluding carboxylic acids is 1. The van der Waals surface area contributed by atoms with E-state index in [4.69, 9.17) is 9.47 Å². The molecule has 23 heavy (non-hydrogen) atoms. The van der Waals surface area contributed by atoms with Crippen LogP contribution in [0, 0.1) is 5.82 Å². The molecule has 1 aromatic rings. The van der Waals surface area contributed by atoms with Crippen LogP contribution in [0.4, 0.5) is 4.39 Å². The number of carbonyl (C=O) groups is 1. The lowest BCUT2D eigenvalue weighted by molar-refractivity contribution is -0.112. The second-order valence-electron chi connectivity index (χ2n) is 6.36. The van der Waals surface area contributed by atoms with Crippen molar-refractivity contribution in [3.8, 4) is 0 Å². The molecule has 0 radical (unpaired) electrons. The van der Waals surface area contributed by atoms with Crippen molar-refractivity contribution < 1.29 is 18.7 Å². The van der Waals surface area contributed by atoms with Crippen molar-refractivity contribution in [3.05, 3.63) is 35.6 Å².